The fraction of sp³-hybridized carbons (Fsp3) is 0.900. The Balaban J connectivity index is 3.20. The molecule has 0 rings (SSSR count). The third kappa shape index (κ3) is 8.35. The van der Waals surface area contributed by atoms with Crippen LogP contribution in [0.2, 0.25) is 0 Å². The number of carbonyl (C=O) groups excluding carboxylic acids is 1. The van der Waals surface area contributed by atoms with Gasteiger partial charge in [-0.15, -0.1) is 0 Å². The monoisotopic (exact) mass is 220 g/mol. The van der Waals surface area contributed by atoms with E-state index < -0.39 is 6.10 Å². The van der Waals surface area contributed by atoms with Crippen molar-refractivity contribution in [1.82, 2.24) is 0 Å². The fourth-order valence-electron chi connectivity index (χ4n) is 0.925. The van der Waals surface area contributed by atoms with Gasteiger partial charge in [0, 0.05) is 20.3 Å². The van der Waals surface area contributed by atoms with Gasteiger partial charge in [-0.1, -0.05) is 0 Å². The molecule has 0 fully saturated rings. The second-order valence-corrected chi connectivity index (χ2v) is 2.99. The van der Waals surface area contributed by atoms with Crippen LogP contribution in [0.3, 0.4) is 0 Å². The molecule has 1 unspecified atom stereocenters. The number of esters is 1. The van der Waals surface area contributed by atoms with E-state index in [-0.39, 0.29) is 5.97 Å². The van der Waals surface area contributed by atoms with Crippen LogP contribution in [-0.4, -0.2) is 52.7 Å². The Kier molecular flexibility index (Phi) is 9.46. The van der Waals surface area contributed by atoms with Crippen LogP contribution in [0, 0.1) is 0 Å². The first-order chi connectivity index (χ1) is 7.22. The van der Waals surface area contributed by atoms with Gasteiger partial charge in [0.2, 0.25) is 0 Å². The minimum atomic E-state index is -0.530. The van der Waals surface area contributed by atoms with Crippen molar-refractivity contribution in [2.75, 3.05) is 40.6 Å². The predicted molar refractivity (Wildman–Crippen MR) is 54.7 cm³/mol. The molecule has 0 heterocycles. The number of ether oxygens (including phenoxy) is 4. The zero-order valence-electron chi connectivity index (χ0n) is 9.65. The normalized spacial score (nSPS) is 12.5. The molecule has 90 valence electrons. The highest BCUT2D eigenvalue weighted by Crippen LogP contribution is 1.93. The first-order valence-electron chi connectivity index (χ1n) is 4.98. The van der Waals surface area contributed by atoms with Gasteiger partial charge in [-0.3, -0.25) is 0 Å². The van der Waals surface area contributed by atoms with E-state index in [0.29, 0.717) is 26.4 Å². The third-order valence-corrected chi connectivity index (χ3v) is 1.77. The Bertz CT molecular complexity index is 160. The molecule has 0 aromatic carbocycles. The van der Waals surface area contributed by atoms with Crippen LogP contribution >= 0.6 is 0 Å². The third-order valence-electron chi connectivity index (χ3n) is 1.77. The van der Waals surface area contributed by atoms with Crippen molar-refractivity contribution >= 4 is 5.97 Å². The zero-order valence-corrected chi connectivity index (χ0v) is 9.65. The van der Waals surface area contributed by atoms with Crippen molar-refractivity contribution in [1.29, 1.82) is 0 Å². The number of hydrogen-bond donors (Lipinski definition) is 0. The Morgan fingerprint density at radius 3 is 2.47 bits per heavy atom. The molecule has 0 aromatic rings. The maximum Gasteiger partial charge on any atom is 0.334 e. The average Bonchev–Trinajstić information content (AvgIpc) is 2.26. The highest BCUT2D eigenvalue weighted by Gasteiger charge is 2.12. The predicted octanol–water partition coefficient (Wildman–Crippen LogP) is 0.618. The van der Waals surface area contributed by atoms with Crippen molar-refractivity contribution in [2.45, 2.75) is 19.4 Å². The summed E-state index contributed by atoms with van der Waals surface area (Å²) < 4.78 is 19.8. The number of methoxy groups -OCH3 is 2. The summed E-state index contributed by atoms with van der Waals surface area (Å²) in [6, 6.07) is 0. The molecule has 1 atom stereocenters. The highest BCUT2D eigenvalue weighted by atomic mass is 16.6. The smallest absolute Gasteiger partial charge is 0.334 e. The number of rotatable bonds is 9. The SMILES string of the molecule is COCCCOCCOC(C)C(=O)OC. The number of hydrogen-bond acceptors (Lipinski definition) is 5. The Hall–Kier alpha value is -0.650. The highest BCUT2D eigenvalue weighted by molar-refractivity contribution is 5.73. The molecule has 0 saturated heterocycles. The molecule has 5 heteroatoms. The van der Waals surface area contributed by atoms with Gasteiger partial charge >= 0.3 is 5.97 Å². The molecule has 0 radical (unpaired) electrons. The molecule has 0 aliphatic heterocycles. The maximum absolute atomic E-state index is 10.9. The molecule has 0 saturated carbocycles. The lowest BCUT2D eigenvalue weighted by molar-refractivity contribution is -0.153. The summed E-state index contributed by atoms with van der Waals surface area (Å²) in [7, 11) is 2.99. The topological polar surface area (TPSA) is 54.0 Å². The van der Waals surface area contributed by atoms with Crippen molar-refractivity contribution in [3.63, 3.8) is 0 Å². The van der Waals surface area contributed by atoms with E-state index in [1.165, 1.54) is 7.11 Å². The lowest BCUT2D eigenvalue weighted by atomic mass is 10.4. The molecule has 0 aliphatic carbocycles. The number of carbonyl (C=O) groups is 1. The second kappa shape index (κ2) is 9.89. The van der Waals surface area contributed by atoms with Crippen LogP contribution in [0.4, 0.5) is 0 Å². The lowest BCUT2D eigenvalue weighted by Gasteiger charge is -2.10. The minimum Gasteiger partial charge on any atom is -0.467 e. The quantitative estimate of drug-likeness (QED) is 0.421. The molecular formula is C10H20O5. The Morgan fingerprint density at radius 2 is 1.87 bits per heavy atom. The van der Waals surface area contributed by atoms with Crippen molar-refractivity contribution in [2.24, 2.45) is 0 Å². The molecule has 0 bridgehead atoms. The van der Waals surface area contributed by atoms with Gasteiger partial charge in [0.1, 0.15) is 0 Å². The van der Waals surface area contributed by atoms with E-state index in [2.05, 4.69) is 4.74 Å². The van der Waals surface area contributed by atoms with E-state index in [1.54, 1.807) is 14.0 Å². The van der Waals surface area contributed by atoms with Gasteiger partial charge in [-0.05, 0) is 13.3 Å². The van der Waals surface area contributed by atoms with Crippen LogP contribution < -0.4 is 0 Å². The molecule has 0 aromatic heterocycles. The molecule has 0 spiro atoms. The maximum atomic E-state index is 10.9. The van der Waals surface area contributed by atoms with E-state index >= 15 is 0 Å². The second-order valence-electron chi connectivity index (χ2n) is 2.99. The van der Waals surface area contributed by atoms with Crippen LogP contribution in [0.1, 0.15) is 13.3 Å². The van der Waals surface area contributed by atoms with Crippen molar-refractivity contribution in [3.05, 3.63) is 0 Å². The molecule has 5 nitrogen and oxygen atoms in total. The summed E-state index contributed by atoms with van der Waals surface area (Å²) in [5.74, 6) is -0.366. The Labute approximate surface area is 90.6 Å². The van der Waals surface area contributed by atoms with E-state index in [1.807, 2.05) is 0 Å². The summed E-state index contributed by atoms with van der Waals surface area (Å²) in [4.78, 5) is 10.9. The summed E-state index contributed by atoms with van der Waals surface area (Å²) in [5, 5.41) is 0. The van der Waals surface area contributed by atoms with Crippen LogP contribution in [0.15, 0.2) is 0 Å². The van der Waals surface area contributed by atoms with Crippen LogP contribution in [-0.2, 0) is 23.7 Å². The molecule has 0 aliphatic rings. The summed E-state index contributed by atoms with van der Waals surface area (Å²) in [6.45, 7) is 3.86. The van der Waals surface area contributed by atoms with Crippen molar-refractivity contribution in [3.8, 4) is 0 Å². The molecule has 0 N–H and O–H groups in total. The zero-order chi connectivity index (χ0) is 11.5. The average molecular weight is 220 g/mol. The van der Waals surface area contributed by atoms with Crippen LogP contribution in [0.25, 0.3) is 0 Å². The van der Waals surface area contributed by atoms with Crippen LogP contribution in [0.5, 0.6) is 0 Å². The van der Waals surface area contributed by atoms with Gasteiger partial charge in [0.05, 0.1) is 20.3 Å². The standard InChI is InChI=1S/C10H20O5/c1-9(10(11)13-3)15-8-7-14-6-4-5-12-2/h9H,4-8H2,1-3H3. The van der Waals surface area contributed by atoms with Gasteiger partial charge in [0.15, 0.2) is 6.10 Å². The molecular weight excluding hydrogens is 200 g/mol. The van der Waals surface area contributed by atoms with Gasteiger partial charge < -0.3 is 18.9 Å². The first-order valence-corrected chi connectivity index (χ1v) is 4.98. The summed E-state index contributed by atoms with van der Waals surface area (Å²) in [6.07, 6.45) is 0.334. The molecule has 15 heavy (non-hydrogen) atoms. The van der Waals surface area contributed by atoms with E-state index in [9.17, 15) is 4.79 Å². The van der Waals surface area contributed by atoms with Crippen molar-refractivity contribution < 1.29 is 23.7 Å². The lowest BCUT2D eigenvalue weighted by Crippen LogP contribution is -2.23. The largest absolute Gasteiger partial charge is 0.467 e. The summed E-state index contributed by atoms with van der Waals surface area (Å²) >= 11 is 0. The van der Waals surface area contributed by atoms with E-state index in [0.717, 1.165) is 6.42 Å². The van der Waals surface area contributed by atoms with Gasteiger partial charge in [-0.25, -0.2) is 4.79 Å². The fourth-order valence-corrected chi connectivity index (χ4v) is 0.925. The first kappa shape index (κ1) is 14.3. The van der Waals surface area contributed by atoms with Gasteiger partial charge in [0.25, 0.3) is 0 Å². The Morgan fingerprint density at radius 1 is 1.13 bits per heavy atom. The minimum absolute atomic E-state index is 0.366. The van der Waals surface area contributed by atoms with Gasteiger partial charge in [-0.2, -0.15) is 0 Å². The summed E-state index contributed by atoms with van der Waals surface area (Å²) in [5.41, 5.74) is 0. The van der Waals surface area contributed by atoms with E-state index in [4.69, 9.17) is 14.2 Å². The molecule has 0 amide bonds.